The normalized spacial score (nSPS) is 19.7. The molecule has 1 aliphatic rings. The highest BCUT2D eigenvalue weighted by atomic mass is 32.2. The highest BCUT2D eigenvalue weighted by molar-refractivity contribution is 8.00. The van der Waals surface area contributed by atoms with Gasteiger partial charge in [0.2, 0.25) is 5.96 Å². The molecule has 5 heteroatoms. The van der Waals surface area contributed by atoms with E-state index in [4.69, 9.17) is 5.84 Å². The summed E-state index contributed by atoms with van der Waals surface area (Å²) in [6.45, 7) is 6.43. The van der Waals surface area contributed by atoms with Crippen LogP contribution in [0, 0.1) is 0 Å². The zero-order valence-electron chi connectivity index (χ0n) is 10.9. The van der Waals surface area contributed by atoms with E-state index in [1.54, 1.807) is 0 Å². The molecule has 18 heavy (non-hydrogen) atoms. The van der Waals surface area contributed by atoms with Crippen LogP contribution in [0.5, 0.6) is 0 Å². The van der Waals surface area contributed by atoms with Crippen LogP contribution in [0.1, 0.15) is 13.8 Å². The number of thioether (sulfide) groups is 1. The van der Waals surface area contributed by atoms with Gasteiger partial charge in [-0.2, -0.15) is 11.8 Å². The predicted molar refractivity (Wildman–Crippen MR) is 79.0 cm³/mol. The molecule has 0 saturated carbocycles. The Kier molecular flexibility index (Phi) is 4.14. The van der Waals surface area contributed by atoms with Crippen molar-refractivity contribution in [2.24, 2.45) is 10.8 Å². The molecule has 1 saturated heterocycles. The summed E-state index contributed by atoms with van der Waals surface area (Å²) in [6.07, 6.45) is 0. The fraction of sp³-hybridized carbons (Fsp3) is 0.462. The van der Waals surface area contributed by atoms with Crippen LogP contribution >= 0.6 is 11.8 Å². The van der Waals surface area contributed by atoms with Crippen LogP contribution in [0.15, 0.2) is 35.3 Å². The second-order valence-electron chi connectivity index (χ2n) is 4.95. The van der Waals surface area contributed by atoms with Crippen LogP contribution in [0.4, 0.5) is 5.69 Å². The van der Waals surface area contributed by atoms with Crippen molar-refractivity contribution in [2.75, 3.05) is 18.8 Å². The number of para-hydroxylation sites is 1. The minimum atomic E-state index is 0.243. The average molecular weight is 264 g/mol. The van der Waals surface area contributed by atoms with Crippen molar-refractivity contribution in [3.63, 3.8) is 0 Å². The summed E-state index contributed by atoms with van der Waals surface area (Å²) in [5, 5.41) is 0. The second kappa shape index (κ2) is 5.63. The van der Waals surface area contributed by atoms with Crippen molar-refractivity contribution in [3.05, 3.63) is 30.3 Å². The number of hydrazine groups is 1. The minimum absolute atomic E-state index is 0.243. The number of rotatable bonds is 1. The molecule has 2 rings (SSSR count). The number of nitrogens with two attached hydrogens (primary N) is 1. The predicted octanol–water partition coefficient (Wildman–Crippen LogP) is 1.96. The Morgan fingerprint density at radius 3 is 2.72 bits per heavy atom. The SMILES string of the molecule is CC1(C)CN(C(=Nc2ccccc2)NN)CCS1. The molecule has 0 unspecified atom stereocenters. The molecule has 0 radical (unpaired) electrons. The van der Waals surface area contributed by atoms with Crippen molar-refractivity contribution in [3.8, 4) is 0 Å². The van der Waals surface area contributed by atoms with Gasteiger partial charge >= 0.3 is 0 Å². The van der Waals surface area contributed by atoms with Gasteiger partial charge in [-0.3, -0.25) is 5.43 Å². The van der Waals surface area contributed by atoms with Crippen molar-refractivity contribution in [1.29, 1.82) is 0 Å². The summed E-state index contributed by atoms with van der Waals surface area (Å²) < 4.78 is 0.243. The topological polar surface area (TPSA) is 53.6 Å². The van der Waals surface area contributed by atoms with Gasteiger partial charge in [-0.25, -0.2) is 10.8 Å². The number of hydrogen-bond acceptors (Lipinski definition) is 3. The lowest BCUT2D eigenvalue weighted by molar-refractivity contribution is 0.377. The van der Waals surface area contributed by atoms with Crippen molar-refractivity contribution in [1.82, 2.24) is 10.3 Å². The van der Waals surface area contributed by atoms with Crippen molar-refractivity contribution in [2.45, 2.75) is 18.6 Å². The van der Waals surface area contributed by atoms with Gasteiger partial charge in [0.15, 0.2) is 0 Å². The fourth-order valence-corrected chi connectivity index (χ4v) is 3.13. The highest BCUT2D eigenvalue weighted by Crippen LogP contribution is 2.29. The molecule has 0 spiro atoms. The maximum Gasteiger partial charge on any atom is 0.213 e. The number of nitrogens with one attached hydrogen (secondary N) is 1. The smallest absolute Gasteiger partial charge is 0.213 e. The van der Waals surface area contributed by atoms with Crippen molar-refractivity contribution < 1.29 is 0 Å². The average Bonchev–Trinajstić information content (AvgIpc) is 2.36. The van der Waals surface area contributed by atoms with E-state index in [2.05, 4.69) is 29.2 Å². The molecule has 0 aromatic heterocycles. The van der Waals surface area contributed by atoms with Gasteiger partial charge in [-0.15, -0.1) is 0 Å². The van der Waals surface area contributed by atoms with E-state index in [0.717, 1.165) is 30.5 Å². The van der Waals surface area contributed by atoms with Crippen LogP contribution in [-0.4, -0.2) is 34.4 Å². The molecule has 1 aromatic rings. The van der Waals surface area contributed by atoms with Gasteiger partial charge < -0.3 is 4.90 Å². The van der Waals surface area contributed by atoms with Gasteiger partial charge in [-0.1, -0.05) is 18.2 Å². The lowest BCUT2D eigenvalue weighted by Gasteiger charge is -2.38. The molecule has 0 atom stereocenters. The Bertz CT molecular complexity index is 416. The second-order valence-corrected chi connectivity index (χ2v) is 6.75. The third-order valence-electron chi connectivity index (χ3n) is 2.85. The zero-order chi connectivity index (χ0) is 13.0. The molecule has 4 nitrogen and oxygen atoms in total. The Morgan fingerprint density at radius 1 is 1.39 bits per heavy atom. The van der Waals surface area contributed by atoms with E-state index in [1.165, 1.54) is 0 Å². The van der Waals surface area contributed by atoms with Crippen molar-refractivity contribution >= 4 is 23.4 Å². The molecule has 1 aromatic carbocycles. The highest BCUT2D eigenvalue weighted by Gasteiger charge is 2.28. The molecule has 1 fully saturated rings. The number of hydrogen-bond donors (Lipinski definition) is 2. The first-order valence-corrected chi connectivity index (χ1v) is 7.08. The van der Waals surface area contributed by atoms with Crippen LogP contribution in [-0.2, 0) is 0 Å². The first kappa shape index (κ1) is 13.2. The number of nitrogens with zero attached hydrogens (tertiary/aromatic N) is 2. The Labute approximate surface area is 113 Å². The summed E-state index contributed by atoms with van der Waals surface area (Å²) in [5.74, 6) is 7.46. The summed E-state index contributed by atoms with van der Waals surface area (Å²) in [7, 11) is 0. The van der Waals surface area contributed by atoms with Crippen LogP contribution in [0.25, 0.3) is 0 Å². The van der Waals surface area contributed by atoms with Crippen LogP contribution < -0.4 is 11.3 Å². The summed E-state index contributed by atoms with van der Waals surface area (Å²) in [4.78, 5) is 6.78. The molecule has 0 aliphatic carbocycles. The molecule has 1 heterocycles. The summed E-state index contributed by atoms with van der Waals surface area (Å²) in [5.41, 5.74) is 3.64. The lowest BCUT2D eigenvalue weighted by Crippen LogP contribution is -2.52. The lowest BCUT2D eigenvalue weighted by atomic mass is 10.2. The standard InChI is InChI=1S/C13H20N4S/c1-13(2)10-17(8-9-18-13)12(16-14)15-11-6-4-3-5-7-11/h3-7H,8-10,14H2,1-2H3,(H,15,16). The van der Waals surface area contributed by atoms with E-state index in [9.17, 15) is 0 Å². The maximum atomic E-state index is 5.61. The number of guanidine groups is 1. The third-order valence-corrected chi connectivity index (χ3v) is 4.14. The molecular formula is C13H20N4S. The van der Waals surface area contributed by atoms with Crippen LogP contribution in [0.3, 0.4) is 0 Å². The Morgan fingerprint density at radius 2 is 2.11 bits per heavy atom. The molecule has 98 valence electrons. The Hall–Kier alpha value is -1.20. The van der Waals surface area contributed by atoms with Gasteiger partial charge in [0, 0.05) is 23.6 Å². The monoisotopic (exact) mass is 264 g/mol. The molecular weight excluding hydrogens is 244 g/mol. The number of benzene rings is 1. The van der Waals surface area contributed by atoms with Gasteiger partial charge in [-0.05, 0) is 26.0 Å². The zero-order valence-corrected chi connectivity index (χ0v) is 11.7. The number of aliphatic imine (C=N–C) groups is 1. The van der Waals surface area contributed by atoms with E-state index in [-0.39, 0.29) is 4.75 Å². The third kappa shape index (κ3) is 3.40. The molecule has 3 N–H and O–H groups in total. The molecule has 0 amide bonds. The summed E-state index contributed by atoms with van der Waals surface area (Å²) in [6, 6.07) is 9.88. The van der Waals surface area contributed by atoms with Gasteiger partial charge in [0.25, 0.3) is 0 Å². The van der Waals surface area contributed by atoms with E-state index < -0.39 is 0 Å². The van der Waals surface area contributed by atoms with Crippen LogP contribution in [0.2, 0.25) is 0 Å². The molecule has 1 aliphatic heterocycles. The fourth-order valence-electron chi connectivity index (χ4n) is 2.02. The van der Waals surface area contributed by atoms with Gasteiger partial charge in [0.05, 0.1) is 5.69 Å². The molecule has 0 bridgehead atoms. The largest absolute Gasteiger partial charge is 0.339 e. The van der Waals surface area contributed by atoms with E-state index in [1.807, 2.05) is 42.1 Å². The van der Waals surface area contributed by atoms with Gasteiger partial charge in [0.1, 0.15) is 0 Å². The minimum Gasteiger partial charge on any atom is -0.339 e. The first-order valence-electron chi connectivity index (χ1n) is 6.10. The van der Waals surface area contributed by atoms with E-state index >= 15 is 0 Å². The Balaban J connectivity index is 2.16. The summed E-state index contributed by atoms with van der Waals surface area (Å²) >= 11 is 1.99. The maximum absolute atomic E-state index is 5.61. The van der Waals surface area contributed by atoms with E-state index in [0.29, 0.717) is 0 Å². The first-order chi connectivity index (χ1) is 8.61. The quantitative estimate of drug-likeness (QED) is 0.352.